The Kier molecular flexibility index (Phi) is 12.1. The van der Waals surface area contributed by atoms with Gasteiger partial charge in [0.15, 0.2) is 0 Å². The van der Waals surface area contributed by atoms with Gasteiger partial charge in [-0.25, -0.2) is 0 Å². The Balaban J connectivity index is 1.17. The third-order valence-electron chi connectivity index (χ3n) is 12.1. The molecule has 0 heterocycles. The molecule has 1 aromatic carbocycles. The van der Waals surface area contributed by atoms with Gasteiger partial charge in [-0.15, -0.1) is 6.58 Å². The third-order valence-corrected chi connectivity index (χ3v) is 12.1. The van der Waals surface area contributed by atoms with E-state index in [-0.39, 0.29) is 29.8 Å². The van der Waals surface area contributed by atoms with E-state index in [1.807, 2.05) is 19.2 Å². The molecule has 2 saturated carbocycles. The van der Waals surface area contributed by atoms with Gasteiger partial charge in [0, 0.05) is 6.42 Å². The van der Waals surface area contributed by atoms with Crippen molar-refractivity contribution in [1.29, 1.82) is 0 Å². The Labute approximate surface area is 276 Å². The van der Waals surface area contributed by atoms with Crippen molar-refractivity contribution in [3.8, 4) is 5.75 Å². The Morgan fingerprint density at radius 2 is 1.53 bits per heavy atom. The van der Waals surface area contributed by atoms with Gasteiger partial charge in [0.2, 0.25) is 0 Å². The van der Waals surface area contributed by atoms with E-state index < -0.39 is 24.4 Å². The van der Waals surface area contributed by atoms with Crippen molar-refractivity contribution in [1.82, 2.24) is 4.90 Å². The number of aromatic hydroxyl groups is 1. The Morgan fingerprint density at radius 3 is 2.17 bits per heavy atom. The van der Waals surface area contributed by atoms with Crippen molar-refractivity contribution in [2.45, 2.75) is 140 Å². The maximum absolute atomic E-state index is 13.4. The van der Waals surface area contributed by atoms with E-state index in [4.69, 9.17) is 0 Å². The number of alkyl halides is 7. The number of rotatable bonds is 17. The monoisotopic (exact) mass is 677 g/mol. The second-order valence-electron chi connectivity index (χ2n) is 15.1. The lowest BCUT2D eigenvalue weighted by Gasteiger charge is -2.60. The summed E-state index contributed by atoms with van der Waals surface area (Å²) in [6.07, 6.45) is 6.50. The van der Waals surface area contributed by atoms with Crippen LogP contribution in [-0.4, -0.2) is 59.4 Å². The summed E-state index contributed by atoms with van der Waals surface area (Å²) in [5.74, 6) is -9.61. The normalized spacial score (nSPS) is 29.4. The van der Waals surface area contributed by atoms with Crippen LogP contribution in [0.3, 0.4) is 0 Å². The Bertz CT molecular complexity index is 1190. The second-order valence-corrected chi connectivity index (χ2v) is 15.1. The smallest absolute Gasteiger partial charge is 0.459 e. The summed E-state index contributed by atoms with van der Waals surface area (Å²) >= 11 is 0. The molecule has 0 aromatic heterocycles. The average Bonchev–Trinajstić information content (AvgIpc) is 3.31. The molecule has 0 aliphatic heterocycles. The van der Waals surface area contributed by atoms with Crippen LogP contribution in [0.5, 0.6) is 5.75 Å². The highest BCUT2D eigenvalue weighted by Crippen LogP contribution is 2.69. The lowest BCUT2D eigenvalue weighted by atomic mass is 9.44. The molecule has 3 aliphatic rings. The topological polar surface area (TPSA) is 43.7 Å². The number of phenols is 1. The molecule has 3 nitrogen and oxygen atoms in total. The van der Waals surface area contributed by atoms with Crippen LogP contribution in [0.2, 0.25) is 0 Å². The van der Waals surface area contributed by atoms with E-state index in [1.165, 1.54) is 11.1 Å². The molecular weight excluding hydrogens is 623 g/mol. The van der Waals surface area contributed by atoms with E-state index in [1.54, 1.807) is 0 Å². The highest BCUT2D eigenvalue weighted by molar-refractivity contribution is 5.43. The molecule has 0 amide bonds. The van der Waals surface area contributed by atoms with Gasteiger partial charge in [0.1, 0.15) is 5.75 Å². The van der Waals surface area contributed by atoms with E-state index >= 15 is 0 Å². The minimum Gasteiger partial charge on any atom is -0.508 e. The van der Waals surface area contributed by atoms with Crippen LogP contribution in [0.15, 0.2) is 30.9 Å². The van der Waals surface area contributed by atoms with Gasteiger partial charge < -0.3 is 15.1 Å². The van der Waals surface area contributed by atoms with E-state index in [9.17, 15) is 40.9 Å². The summed E-state index contributed by atoms with van der Waals surface area (Å²) in [5.41, 5.74) is 2.44. The second kappa shape index (κ2) is 15.0. The molecule has 0 spiro atoms. The van der Waals surface area contributed by atoms with Gasteiger partial charge in [-0.1, -0.05) is 57.6 Å². The number of hydrogen-bond acceptors (Lipinski definition) is 3. The number of phenolic OH excluding ortho intramolecular Hbond substituents is 1. The summed E-state index contributed by atoms with van der Waals surface area (Å²) in [6, 6.07) is 5.88. The SMILES string of the molecule is C=CC12CCc3cc(O)ccc3[C@H]1[C@@H](CCCCCCCN(C)CCCCCCC(F)(F)C(F)(F)C(F)(F)F)C[C@]1(C)[C@@H](O)CC[C@@H]21. The number of unbranched alkanes of at least 4 members (excludes halogenated alkanes) is 7. The largest absolute Gasteiger partial charge is 0.508 e. The molecule has 0 bridgehead atoms. The number of aryl methyl sites for hydroxylation is 1. The van der Waals surface area contributed by atoms with Crippen LogP contribution in [0.4, 0.5) is 30.7 Å². The summed E-state index contributed by atoms with van der Waals surface area (Å²) in [6.45, 7) is 8.27. The predicted octanol–water partition coefficient (Wildman–Crippen LogP) is 10.4. The molecule has 0 saturated heterocycles. The van der Waals surface area contributed by atoms with Gasteiger partial charge in [0.05, 0.1) is 6.10 Å². The number of benzene rings is 1. The molecule has 4 rings (SSSR count). The standard InChI is InChI=1S/C37H54F7NO2/c1-4-34-21-19-26-24-28(46)15-16-29(26)32(34)27(25-33(2)30(34)17-18-31(33)47)14-10-6-5-8-12-22-45(3)23-13-9-7-11-20-35(38,39)36(40,41)37(42,43)44/h4,15-16,24,27,30-32,46-47H,1,5-14,17-23,25H2,2-3H3/t27-,30+,31-,32+,33-,34?/m0/s1. The summed E-state index contributed by atoms with van der Waals surface area (Å²) in [4.78, 5) is 2.14. The molecule has 0 radical (unpaired) electrons. The molecular formula is C37H54F7NO2. The van der Waals surface area contributed by atoms with Crippen molar-refractivity contribution in [3.63, 3.8) is 0 Å². The number of halogens is 7. The lowest BCUT2D eigenvalue weighted by molar-refractivity contribution is -0.355. The molecule has 47 heavy (non-hydrogen) atoms. The van der Waals surface area contributed by atoms with E-state index in [2.05, 4.69) is 30.5 Å². The number of nitrogens with zero attached hydrogens (tertiary/aromatic N) is 1. The van der Waals surface area contributed by atoms with Crippen LogP contribution < -0.4 is 0 Å². The van der Waals surface area contributed by atoms with Crippen molar-refractivity contribution < 1.29 is 40.9 Å². The van der Waals surface area contributed by atoms with Gasteiger partial charge in [-0.05, 0) is 130 Å². The van der Waals surface area contributed by atoms with Crippen LogP contribution in [-0.2, 0) is 6.42 Å². The molecule has 3 aliphatic carbocycles. The van der Waals surface area contributed by atoms with Crippen molar-refractivity contribution in [3.05, 3.63) is 42.0 Å². The van der Waals surface area contributed by atoms with Crippen LogP contribution >= 0.6 is 0 Å². The number of hydrogen-bond donors (Lipinski definition) is 2. The highest BCUT2D eigenvalue weighted by Gasteiger charge is 2.72. The van der Waals surface area contributed by atoms with Crippen LogP contribution in [0.25, 0.3) is 0 Å². The minimum atomic E-state index is -6.26. The first-order valence-corrected chi connectivity index (χ1v) is 17.6. The summed E-state index contributed by atoms with van der Waals surface area (Å²) in [5, 5.41) is 21.3. The number of aliphatic hydroxyl groups excluding tert-OH is 1. The minimum absolute atomic E-state index is 0.0451. The number of allylic oxidation sites excluding steroid dienone is 1. The van der Waals surface area contributed by atoms with E-state index in [0.29, 0.717) is 42.9 Å². The molecule has 6 atom stereocenters. The quantitative estimate of drug-likeness (QED) is 0.0980. The van der Waals surface area contributed by atoms with Gasteiger partial charge in [-0.2, -0.15) is 30.7 Å². The first-order chi connectivity index (χ1) is 22.0. The maximum Gasteiger partial charge on any atom is 0.459 e. The third kappa shape index (κ3) is 7.84. The zero-order valence-electron chi connectivity index (χ0n) is 28.0. The lowest BCUT2D eigenvalue weighted by Crippen LogP contribution is -2.54. The molecule has 10 heteroatoms. The first-order valence-electron chi connectivity index (χ1n) is 17.6. The van der Waals surface area contributed by atoms with Crippen molar-refractivity contribution in [2.75, 3.05) is 20.1 Å². The molecule has 2 N–H and O–H groups in total. The summed E-state index contributed by atoms with van der Waals surface area (Å²) in [7, 11) is 1.97. The van der Waals surface area contributed by atoms with Gasteiger partial charge >= 0.3 is 18.0 Å². The highest BCUT2D eigenvalue weighted by atomic mass is 19.4. The van der Waals surface area contributed by atoms with Gasteiger partial charge in [-0.3, -0.25) is 0 Å². The van der Waals surface area contributed by atoms with Crippen LogP contribution in [0.1, 0.15) is 120 Å². The molecule has 1 unspecified atom stereocenters. The Hall–Kier alpha value is -1.81. The summed E-state index contributed by atoms with van der Waals surface area (Å²) < 4.78 is 89.6. The van der Waals surface area contributed by atoms with Crippen molar-refractivity contribution in [2.24, 2.45) is 22.7 Å². The van der Waals surface area contributed by atoms with Crippen LogP contribution in [0, 0.1) is 22.7 Å². The number of fused-ring (bicyclic) bond motifs is 5. The fraction of sp³-hybridized carbons (Fsp3) is 0.784. The average molecular weight is 678 g/mol. The van der Waals surface area contributed by atoms with Gasteiger partial charge in [0.25, 0.3) is 0 Å². The number of aliphatic hydroxyl groups is 1. The Morgan fingerprint density at radius 1 is 0.915 bits per heavy atom. The van der Waals surface area contributed by atoms with Crippen molar-refractivity contribution >= 4 is 0 Å². The fourth-order valence-corrected chi connectivity index (χ4v) is 9.57. The zero-order chi connectivity index (χ0) is 34.7. The molecule has 268 valence electrons. The fourth-order valence-electron chi connectivity index (χ4n) is 9.57. The first kappa shape index (κ1) is 38.0. The maximum atomic E-state index is 13.4. The van der Waals surface area contributed by atoms with E-state index in [0.717, 1.165) is 77.2 Å². The molecule has 1 aromatic rings. The zero-order valence-corrected chi connectivity index (χ0v) is 28.0. The molecule has 2 fully saturated rings. The predicted molar refractivity (Wildman–Crippen MR) is 171 cm³/mol.